The summed E-state index contributed by atoms with van der Waals surface area (Å²) in [5.74, 6) is 0.0165. The molecular weight excluding hydrogens is 349 g/mol. The smallest absolute Gasteiger partial charge is 0.322 e. The largest absolute Gasteiger partial charge is 0.497 e. The van der Waals surface area contributed by atoms with Gasteiger partial charge < -0.3 is 10.1 Å². The zero-order chi connectivity index (χ0) is 18.8. The number of nitrogens with zero attached hydrogens (tertiary/aromatic N) is 3. The molecular formula is C19H18FN5O2. The quantitative estimate of drug-likeness (QED) is 0.743. The first-order valence-corrected chi connectivity index (χ1v) is 8.52. The molecule has 0 bridgehead atoms. The molecule has 8 heteroatoms. The molecule has 0 saturated carbocycles. The van der Waals surface area contributed by atoms with Crippen molar-refractivity contribution >= 4 is 11.7 Å². The first-order chi connectivity index (χ1) is 13.1. The number of fused-ring (bicyclic) bond motifs is 1. The van der Waals surface area contributed by atoms with Crippen LogP contribution in [0, 0.1) is 5.82 Å². The number of pyridine rings is 1. The number of benzene rings is 1. The lowest BCUT2D eigenvalue weighted by Crippen LogP contribution is -2.38. The van der Waals surface area contributed by atoms with Crippen molar-refractivity contribution in [3.63, 3.8) is 0 Å². The Hall–Kier alpha value is -3.42. The number of aromatic amines is 1. The van der Waals surface area contributed by atoms with Gasteiger partial charge in [0.2, 0.25) is 0 Å². The molecule has 0 saturated heterocycles. The van der Waals surface area contributed by atoms with E-state index in [2.05, 4.69) is 20.5 Å². The lowest BCUT2D eigenvalue weighted by molar-refractivity contribution is 0.246. The lowest BCUT2D eigenvalue weighted by Gasteiger charge is -2.18. The number of H-pyrrole nitrogens is 1. The Morgan fingerprint density at radius 2 is 2.26 bits per heavy atom. The number of methoxy groups -OCH3 is 1. The van der Waals surface area contributed by atoms with Crippen LogP contribution in [0.15, 0.2) is 42.7 Å². The van der Waals surface area contributed by atoms with E-state index in [1.54, 1.807) is 23.4 Å². The molecule has 3 heterocycles. The summed E-state index contributed by atoms with van der Waals surface area (Å²) in [5, 5.41) is 9.52. The molecule has 0 atom stereocenters. The van der Waals surface area contributed by atoms with E-state index in [0.717, 1.165) is 22.6 Å². The average Bonchev–Trinajstić information content (AvgIpc) is 3.34. The minimum Gasteiger partial charge on any atom is -0.497 e. The van der Waals surface area contributed by atoms with E-state index in [1.165, 1.54) is 19.2 Å². The molecule has 138 valence electrons. The van der Waals surface area contributed by atoms with Crippen LogP contribution in [-0.4, -0.2) is 34.9 Å². The Balaban J connectivity index is 1.46. The predicted octanol–water partition coefficient (Wildman–Crippen LogP) is 2.89. The van der Waals surface area contributed by atoms with Gasteiger partial charge in [-0.3, -0.25) is 15.0 Å². The number of hydrogen-bond acceptors (Lipinski definition) is 4. The Kier molecular flexibility index (Phi) is 4.45. The number of hydrogen-bond donors (Lipinski definition) is 2. The average molecular weight is 367 g/mol. The topological polar surface area (TPSA) is 83.1 Å². The Labute approximate surface area is 155 Å². The van der Waals surface area contributed by atoms with E-state index < -0.39 is 5.82 Å². The van der Waals surface area contributed by atoms with Crippen molar-refractivity contribution in [1.82, 2.24) is 20.5 Å². The fourth-order valence-electron chi connectivity index (χ4n) is 3.14. The number of carbonyl (C=O) groups excluding carboxylic acids is 1. The van der Waals surface area contributed by atoms with Crippen molar-refractivity contribution < 1.29 is 13.9 Å². The molecule has 4 rings (SSSR count). The van der Waals surface area contributed by atoms with Gasteiger partial charge in [-0.25, -0.2) is 9.18 Å². The molecule has 0 fully saturated rings. The van der Waals surface area contributed by atoms with Gasteiger partial charge in [-0.1, -0.05) is 0 Å². The van der Waals surface area contributed by atoms with Crippen LogP contribution in [-0.2, 0) is 13.0 Å². The minimum absolute atomic E-state index is 0.208. The maximum absolute atomic E-state index is 13.6. The van der Waals surface area contributed by atoms with E-state index in [9.17, 15) is 9.18 Å². The van der Waals surface area contributed by atoms with Gasteiger partial charge in [0.25, 0.3) is 0 Å². The molecule has 0 radical (unpaired) electrons. The fraction of sp³-hybridized carbons (Fsp3) is 0.211. The Bertz CT molecular complexity index is 974. The highest BCUT2D eigenvalue weighted by molar-refractivity contribution is 5.94. The number of ether oxygens (including phenoxy) is 1. The maximum Gasteiger partial charge on any atom is 0.322 e. The first kappa shape index (κ1) is 17.0. The summed E-state index contributed by atoms with van der Waals surface area (Å²) in [6, 6.07) is 7.88. The number of urea groups is 1. The van der Waals surface area contributed by atoms with Crippen LogP contribution >= 0.6 is 0 Å². The highest BCUT2D eigenvalue weighted by Crippen LogP contribution is 2.29. The van der Waals surface area contributed by atoms with Gasteiger partial charge in [-0.2, -0.15) is 5.10 Å². The van der Waals surface area contributed by atoms with E-state index in [0.29, 0.717) is 24.3 Å². The van der Waals surface area contributed by atoms with Crippen LogP contribution in [0.4, 0.5) is 14.9 Å². The molecule has 1 aromatic carbocycles. The summed E-state index contributed by atoms with van der Waals surface area (Å²) in [7, 11) is 1.48. The van der Waals surface area contributed by atoms with Crippen LogP contribution in [0.3, 0.4) is 0 Å². The maximum atomic E-state index is 13.6. The summed E-state index contributed by atoms with van der Waals surface area (Å²) in [6.07, 6.45) is 4.17. The molecule has 0 unspecified atom stereocenters. The van der Waals surface area contributed by atoms with Gasteiger partial charge in [-0.05, 0) is 29.8 Å². The van der Waals surface area contributed by atoms with Crippen molar-refractivity contribution in [2.24, 2.45) is 0 Å². The molecule has 27 heavy (non-hydrogen) atoms. The molecule has 2 N–H and O–H groups in total. The zero-order valence-corrected chi connectivity index (χ0v) is 14.7. The third-order valence-corrected chi connectivity index (χ3v) is 4.46. The standard InChI is InChI=1S/C19H18FN5O2/c1-27-15-7-12(6-14(20)8-15)9-21-19(26)25-5-4-17-18(25)3-2-16(24-17)13-10-22-23-11-13/h2-3,6-8,10-11H,4-5,9H2,1H3,(H,21,26)(H,22,23). The minimum atomic E-state index is -0.402. The number of rotatable bonds is 4. The summed E-state index contributed by atoms with van der Waals surface area (Å²) in [6.45, 7) is 0.759. The van der Waals surface area contributed by atoms with Gasteiger partial charge in [0, 0.05) is 37.3 Å². The van der Waals surface area contributed by atoms with E-state index in [4.69, 9.17) is 4.74 Å². The molecule has 0 aliphatic carbocycles. The van der Waals surface area contributed by atoms with Crippen LogP contribution in [0.5, 0.6) is 5.75 Å². The molecule has 3 aromatic rings. The van der Waals surface area contributed by atoms with Crippen LogP contribution in [0.1, 0.15) is 11.3 Å². The van der Waals surface area contributed by atoms with Crippen molar-refractivity contribution in [1.29, 1.82) is 0 Å². The van der Waals surface area contributed by atoms with E-state index >= 15 is 0 Å². The predicted molar refractivity (Wildman–Crippen MR) is 98.1 cm³/mol. The number of amides is 2. The summed E-state index contributed by atoms with van der Waals surface area (Å²) >= 11 is 0. The van der Waals surface area contributed by atoms with E-state index in [1.807, 2.05) is 12.1 Å². The molecule has 1 aliphatic heterocycles. The SMILES string of the molecule is COc1cc(F)cc(CNC(=O)N2CCc3nc(-c4cn[nH]c4)ccc32)c1. The molecule has 7 nitrogen and oxygen atoms in total. The third-order valence-electron chi connectivity index (χ3n) is 4.46. The summed E-state index contributed by atoms with van der Waals surface area (Å²) < 4.78 is 18.6. The van der Waals surface area contributed by atoms with Gasteiger partial charge in [0.05, 0.1) is 30.4 Å². The number of aromatic nitrogens is 3. The van der Waals surface area contributed by atoms with Crippen LogP contribution < -0.4 is 15.0 Å². The number of nitrogens with one attached hydrogen (secondary N) is 2. The summed E-state index contributed by atoms with van der Waals surface area (Å²) in [5.41, 5.74) is 4.01. The number of carbonyl (C=O) groups is 1. The van der Waals surface area contributed by atoms with Crippen molar-refractivity contribution in [2.45, 2.75) is 13.0 Å². The fourth-order valence-corrected chi connectivity index (χ4v) is 3.14. The molecule has 2 amide bonds. The van der Waals surface area contributed by atoms with Gasteiger partial charge in [0.15, 0.2) is 0 Å². The number of anilines is 1. The van der Waals surface area contributed by atoms with Gasteiger partial charge in [-0.15, -0.1) is 0 Å². The van der Waals surface area contributed by atoms with Gasteiger partial charge in [0.1, 0.15) is 11.6 Å². The van der Waals surface area contributed by atoms with Crippen LogP contribution in [0.25, 0.3) is 11.3 Å². The second-order valence-corrected chi connectivity index (χ2v) is 6.21. The highest BCUT2D eigenvalue weighted by Gasteiger charge is 2.26. The Morgan fingerprint density at radius 3 is 3.04 bits per heavy atom. The summed E-state index contributed by atoms with van der Waals surface area (Å²) in [4.78, 5) is 18.9. The second kappa shape index (κ2) is 7.06. The molecule has 0 spiro atoms. The molecule has 2 aromatic heterocycles. The van der Waals surface area contributed by atoms with Crippen LogP contribution in [0.2, 0.25) is 0 Å². The Morgan fingerprint density at radius 1 is 1.37 bits per heavy atom. The van der Waals surface area contributed by atoms with Crippen molar-refractivity contribution in [3.05, 3.63) is 59.8 Å². The second-order valence-electron chi connectivity index (χ2n) is 6.21. The first-order valence-electron chi connectivity index (χ1n) is 8.52. The normalized spacial score (nSPS) is 12.7. The molecule has 1 aliphatic rings. The van der Waals surface area contributed by atoms with Gasteiger partial charge >= 0.3 is 6.03 Å². The van der Waals surface area contributed by atoms with Crippen molar-refractivity contribution in [3.8, 4) is 17.0 Å². The lowest BCUT2D eigenvalue weighted by atomic mass is 10.2. The third kappa shape index (κ3) is 3.46. The zero-order valence-electron chi connectivity index (χ0n) is 14.7. The monoisotopic (exact) mass is 367 g/mol. The number of halogens is 1. The highest BCUT2D eigenvalue weighted by atomic mass is 19.1. The van der Waals surface area contributed by atoms with E-state index in [-0.39, 0.29) is 12.6 Å². The van der Waals surface area contributed by atoms with Crippen molar-refractivity contribution in [2.75, 3.05) is 18.6 Å².